The molecule has 1 heterocycles. The lowest BCUT2D eigenvalue weighted by Gasteiger charge is -2.27. The van der Waals surface area contributed by atoms with Gasteiger partial charge in [0.15, 0.2) is 0 Å². The number of hydrogen-bond donors (Lipinski definition) is 1. The van der Waals surface area contributed by atoms with Crippen LogP contribution in [0.4, 0.5) is 17.6 Å². The first-order valence-corrected chi connectivity index (χ1v) is 6.28. The van der Waals surface area contributed by atoms with Crippen molar-refractivity contribution in [3.05, 3.63) is 46.8 Å². The van der Waals surface area contributed by atoms with Crippen LogP contribution in [0.25, 0.3) is 0 Å². The second kappa shape index (κ2) is 5.78. The van der Waals surface area contributed by atoms with Crippen LogP contribution in [-0.2, 0) is 0 Å². The van der Waals surface area contributed by atoms with Gasteiger partial charge in [-0.2, -0.15) is 13.2 Å². The van der Waals surface area contributed by atoms with E-state index >= 15 is 0 Å². The van der Waals surface area contributed by atoms with Gasteiger partial charge in [0.1, 0.15) is 5.82 Å². The number of carboxylic acid groups (broad SMARTS) is 1. The molecule has 0 saturated carbocycles. The molecule has 1 amide bonds. The molecule has 0 radical (unpaired) electrons. The Hall–Kier alpha value is -2.38. The minimum absolute atomic E-state index is 0.176. The van der Waals surface area contributed by atoms with Gasteiger partial charge in [-0.25, -0.2) is 9.18 Å². The number of carboxylic acids is 1. The van der Waals surface area contributed by atoms with Crippen LogP contribution in [0.2, 0.25) is 0 Å². The van der Waals surface area contributed by atoms with Crippen LogP contribution in [-0.4, -0.2) is 41.1 Å². The first-order valence-electron chi connectivity index (χ1n) is 6.28. The summed E-state index contributed by atoms with van der Waals surface area (Å²) in [5, 5.41) is 8.72. The van der Waals surface area contributed by atoms with Crippen LogP contribution >= 0.6 is 0 Å². The molecular weight excluding hydrogens is 306 g/mol. The van der Waals surface area contributed by atoms with E-state index in [9.17, 15) is 27.2 Å². The predicted molar refractivity (Wildman–Crippen MR) is 68.0 cm³/mol. The molecule has 0 aromatic heterocycles. The van der Waals surface area contributed by atoms with Gasteiger partial charge >= 0.3 is 12.1 Å². The molecule has 0 bridgehead atoms. The topological polar surface area (TPSA) is 57.6 Å². The zero-order valence-corrected chi connectivity index (χ0v) is 11.2. The predicted octanol–water partition coefficient (Wildman–Crippen LogP) is 2.86. The van der Waals surface area contributed by atoms with Gasteiger partial charge in [0.25, 0.3) is 5.91 Å². The minimum atomic E-state index is -4.43. The van der Waals surface area contributed by atoms with E-state index in [0.717, 1.165) is 23.1 Å². The highest BCUT2D eigenvalue weighted by Crippen LogP contribution is 2.30. The zero-order valence-electron chi connectivity index (χ0n) is 11.2. The number of hydrogen-bond acceptors (Lipinski definition) is 2. The van der Waals surface area contributed by atoms with Gasteiger partial charge in [-0.15, -0.1) is 0 Å². The summed E-state index contributed by atoms with van der Waals surface area (Å²) in [6.07, 6.45) is -3.89. The van der Waals surface area contributed by atoms with Crippen molar-refractivity contribution in [2.24, 2.45) is 0 Å². The number of nitrogens with zero attached hydrogens (tertiary/aromatic N) is 1. The van der Waals surface area contributed by atoms with Crippen LogP contribution < -0.4 is 0 Å². The van der Waals surface area contributed by atoms with Gasteiger partial charge in [-0.05, 0) is 24.6 Å². The lowest BCUT2D eigenvalue weighted by Crippen LogP contribution is -2.37. The van der Waals surface area contributed by atoms with E-state index in [1.807, 2.05) is 0 Å². The average molecular weight is 317 g/mol. The molecule has 8 heteroatoms. The zero-order chi connectivity index (χ0) is 16.5. The number of benzene rings is 1. The van der Waals surface area contributed by atoms with Gasteiger partial charge in [0.2, 0.25) is 0 Å². The van der Waals surface area contributed by atoms with Gasteiger partial charge < -0.3 is 10.0 Å². The van der Waals surface area contributed by atoms with Crippen LogP contribution in [0, 0.1) is 5.82 Å². The summed E-state index contributed by atoms with van der Waals surface area (Å²) < 4.78 is 51.2. The molecule has 1 N–H and O–H groups in total. The van der Waals surface area contributed by atoms with E-state index in [1.165, 1.54) is 0 Å². The number of aromatic carboxylic acids is 1. The van der Waals surface area contributed by atoms with Crippen LogP contribution in [0.5, 0.6) is 0 Å². The molecule has 0 fully saturated rings. The molecule has 0 atom stereocenters. The van der Waals surface area contributed by atoms with Crippen molar-refractivity contribution >= 4 is 11.9 Å². The van der Waals surface area contributed by atoms with Crippen molar-refractivity contribution in [2.45, 2.75) is 12.6 Å². The first-order chi connectivity index (χ1) is 10.2. The summed E-state index contributed by atoms with van der Waals surface area (Å²) in [6.45, 7) is -0.446. The fourth-order valence-corrected chi connectivity index (χ4v) is 2.10. The molecule has 1 aromatic rings. The maximum absolute atomic E-state index is 13.8. The van der Waals surface area contributed by atoms with E-state index in [-0.39, 0.29) is 30.6 Å². The summed E-state index contributed by atoms with van der Waals surface area (Å²) in [7, 11) is 0. The summed E-state index contributed by atoms with van der Waals surface area (Å²) >= 11 is 0. The molecule has 0 aliphatic carbocycles. The van der Waals surface area contributed by atoms with E-state index in [4.69, 9.17) is 5.11 Å². The molecule has 118 valence electrons. The Kier molecular flexibility index (Phi) is 4.20. The number of rotatable bonds is 2. The van der Waals surface area contributed by atoms with E-state index in [2.05, 4.69) is 0 Å². The number of amides is 1. The second-order valence-electron chi connectivity index (χ2n) is 4.73. The molecular formula is C14H11F4NO3. The third-order valence-electron chi connectivity index (χ3n) is 3.31. The molecule has 0 spiro atoms. The third kappa shape index (κ3) is 3.26. The molecule has 1 aliphatic rings. The van der Waals surface area contributed by atoms with E-state index in [0.29, 0.717) is 6.07 Å². The van der Waals surface area contributed by atoms with Crippen molar-refractivity contribution in [2.75, 3.05) is 13.1 Å². The standard InChI is InChI=1S/C14H11F4NO3/c15-11-7-8(13(21)22)1-2-10(11)12(20)19-5-3-9(4-6-19)14(16,17)18/h1-3,7H,4-6H2,(H,21,22). The first kappa shape index (κ1) is 16.0. The fraction of sp³-hybridized carbons (Fsp3) is 0.286. The summed E-state index contributed by atoms with van der Waals surface area (Å²) in [5.74, 6) is -3.13. The maximum Gasteiger partial charge on any atom is 0.412 e. The Labute approximate surface area is 122 Å². The highest BCUT2D eigenvalue weighted by molar-refractivity contribution is 5.96. The number of carbonyl (C=O) groups is 2. The Morgan fingerprint density at radius 3 is 2.36 bits per heavy atom. The maximum atomic E-state index is 13.8. The monoisotopic (exact) mass is 317 g/mol. The highest BCUT2D eigenvalue weighted by Gasteiger charge is 2.35. The second-order valence-corrected chi connectivity index (χ2v) is 4.73. The lowest BCUT2D eigenvalue weighted by atomic mass is 10.1. The van der Waals surface area contributed by atoms with Gasteiger partial charge in [0, 0.05) is 18.7 Å². The van der Waals surface area contributed by atoms with Crippen molar-refractivity contribution in [3.8, 4) is 0 Å². The normalized spacial score (nSPS) is 15.5. The van der Waals surface area contributed by atoms with Crippen molar-refractivity contribution < 1.29 is 32.3 Å². The molecule has 0 unspecified atom stereocenters. The number of carbonyl (C=O) groups excluding carboxylic acids is 1. The van der Waals surface area contributed by atoms with Crippen molar-refractivity contribution in [3.63, 3.8) is 0 Å². The van der Waals surface area contributed by atoms with E-state index < -0.39 is 29.4 Å². The average Bonchev–Trinajstić information content (AvgIpc) is 2.45. The number of halogens is 4. The molecule has 4 nitrogen and oxygen atoms in total. The molecule has 1 aromatic carbocycles. The molecule has 22 heavy (non-hydrogen) atoms. The summed E-state index contributed by atoms with van der Waals surface area (Å²) in [6, 6.07) is 2.79. The number of alkyl halides is 3. The van der Waals surface area contributed by atoms with E-state index in [1.54, 1.807) is 0 Å². The molecule has 0 saturated heterocycles. The SMILES string of the molecule is O=C(O)c1ccc(C(=O)N2CC=C(C(F)(F)F)CC2)c(F)c1. The summed E-state index contributed by atoms with van der Waals surface area (Å²) in [5.41, 5.74) is -1.39. The third-order valence-corrected chi connectivity index (χ3v) is 3.31. The van der Waals surface area contributed by atoms with Crippen LogP contribution in [0.15, 0.2) is 29.8 Å². The van der Waals surface area contributed by atoms with Gasteiger partial charge in [0.05, 0.1) is 11.1 Å². The lowest BCUT2D eigenvalue weighted by molar-refractivity contribution is -0.0957. The minimum Gasteiger partial charge on any atom is -0.478 e. The highest BCUT2D eigenvalue weighted by atomic mass is 19.4. The summed E-state index contributed by atoms with van der Waals surface area (Å²) in [4.78, 5) is 23.9. The van der Waals surface area contributed by atoms with Gasteiger partial charge in [-0.3, -0.25) is 4.79 Å². The smallest absolute Gasteiger partial charge is 0.412 e. The van der Waals surface area contributed by atoms with Crippen molar-refractivity contribution in [1.29, 1.82) is 0 Å². The van der Waals surface area contributed by atoms with Crippen molar-refractivity contribution in [1.82, 2.24) is 4.90 Å². The quantitative estimate of drug-likeness (QED) is 0.674. The Bertz CT molecular complexity index is 652. The largest absolute Gasteiger partial charge is 0.478 e. The molecule has 2 rings (SSSR count). The van der Waals surface area contributed by atoms with Crippen LogP contribution in [0.1, 0.15) is 27.1 Å². The van der Waals surface area contributed by atoms with Crippen LogP contribution in [0.3, 0.4) is 0 Å². The Morgan fingerprint density at radius 1 is 1.23 bits per heavy atom. The fourth-order valence-electron chi connectivity index (χ4n) is 2.10. The Balaban J connectivity index is 2.17. The van der Waals surface area contributed by atoms with Gasteiger partial charge in [-0.1, -0.05) is 6.08 Å². The Morgan fingerprint density at radius 2 is 1.91 bits per heavy atom. The molecule has 1 aliphatic heterocycles.